The van der Waals surface area contributed by atoms with Crippen LogP contribution >= 0.6 is 11.6 Å². The van der Waals surface area contributed by atoms with E-state index >= 15 is 0 Å². The summed E-state index contributed by atoms with van der Waals surface area (Å²) in [6.45, 7) is 4.27. The molecule has 0 spiro atoms. The van der Waals surface area contributed by atoms with Gasteiger partial charge in [0.2, 0.25) is 5.89 Å². The van der Waals surface area contributed by atoms with E-state index in [1.165, 1.54) is 0 Å². The average molecular weight is 251 g/mol. The molecule has 1 aliphatic heterocycles. The standard InChI is InChI=1S/C13H15ClN2O/c1-13(4-6-15-7-5-13)12-16-10-3-2-9(14)8-11(10)17-12/h2-3,8,15H,4-7H2,1H3. The fourth-order valence-electron chi connectivity index (χ4n) is 2.35. The summed E-state index contributed by atoms with van der Waals surface area (Å²) < 4.78 is 5.87. The van der Waals surface area contributed by atoms with Crippen LogP contribution in [0, 0.1) is 0 Å². The molecule has 1 saturated heterocycles. The Morgan fingerprint density at radius 1 is 1.35 bits per heavy atom. The molecule has 0 radical (unpaired) electrons. The molecule has 17 heavy (non-hydrogen) atoms. The van der Waals surface area contributed by atoms with Crippen LogP contribution in [-0.4, -0.2) is 18.1 Å². The Kier molecular flexibility index (Phi) is 2.60. The van der Waals surface area contributed by atoms with Gasteiger partial charge in [-0.1, -0.05) is 18.5 Å². The summed E-state index contributed by atoms with van der Waals surface area (Å²) in [6, 6.07) is 5.59. The van der Waals surface area contributed by atoms with E-state index in [-0.39, 0.29) is 5.41 Å². The summed E-state index contributed by atoms with van der Waals surface area (Å²) in [6.07, 6.45) is 2.13. The van der Waals surface area contributed by atoms with Gasteiger partial charge in [0.15, 0.2) is 5.58 Å². The van der Waals surface area contributed by atoms with Crippen molar-refractivity contribution in [3.8, 4) is 0 Å². The lowest BCUT2D eigenvalue weighted by atomic mass is 9.81. The van der Waals surface area contributed by atoms with E-state index in [1.807, 2.05) is 18.2 Å². The normalized spacial score (nSPS) is 19.6. The summed E-state index contributed by atoms with van der Waals surface area (Å²) in [4.78, 5) is 4.60. The van der Waals surface area contributed by atoms with Crippen molar-refractivity contribution in [1.29, 1.82) is 0 Å². The minimum atomic E-state index is 0.0523. The molecule has 0 bridgehead atoms. The molecule has 2 aromatic rings. The summed E-state index contributed by atoms with van der Waals surface area (Å²) in [5.41, 5.74) is 1.73. The Bertz CT molecular complexity index is 543. The molecule has 3 nitrogen and oxygen atoms in total. The molecule has 4 heteroatoms. The molecular formula is C13H15ClN2O. The zero-order valence-corrected chi connectivity index (χ0v) is 10.5. The Morgan fingerprint density at radius 3 is 2.88 bits per heavy atom. The van der Waals surface area contributed by atoms with Gasteiger partial charge in [-0.2, -0.15) is 0 Å². The molecule has 0 saturated carbocycles. The molecule has 0 atom stereocenters. The molecule has 2 heterocycles. The van der Waals surface area contributed by atoms with Gasteiger partial charge in [0, 0.05) is 16.5 Å². The number of nitrogens with one attached hydrogen (secondary N) is 1. The van der Waals surface area contributed by atoms with Gasteiger partial charge in [-0.15, -0.1) is 0 Å². The molecule has 1 fully saturated rings. The van der Waals surface area contributed by atoms with Crippen molar-refractivity contribution in [2.24, 2.45) is 0 Å². The number of oxazole rings is 1. The van der Waals surface area contributed by atoms with Gasteiger partial charge >= 0.3 is 0 Å². The molecule has 0 amide bonds. The minimum Gasteiger partial charge on any atom is -0.440 e. The Labute approximate surface area is 105 Å². The zero-order chi connectivity index (χ0) is 11.9. The van der Waals surface area contributed by atoms with Crippen LogP contribution in [0.1, 0.15) is 25.7 Å². The SMILES string of the molecule is CC1(c2nc3ccc(Cl)cc3o2)CCNCC1. The smallest absolute Gasteiger partial charge is 0.201 e. The zero-order valence-electron chi connectivity index (χ0n) is 9.79. The van der Waals surface area contributed by atoms with Gasteiger partial charge in [0.05, 0.1) is 0 Å². The molecule has 0 aliphatic carbocycles. The first kappa shape index (κ1) is 11.1. The van der Waals surface area contributed by atoms with Crippen molar-refractivity contribution in [1.82, 2.24) is 10.3 Å². The van der Waals surface area contributed by atoms with Crippen LogP contribution in [0.2, 0.25) is 5.02 Å². The number of hydrogen-bond donors (Lipinski definition) is 1. The van der Waals surface area contributed by atoms with E-state index in [9.17, 15) is 0 Å². The van der Waals surface area contributed by atoms with E-state index in [2.05, 4.69) is 17.2 Å². The number of aromatic nitrogens is 1. The maximum Gasteiger partial charge on any atom is 0.201 e. The molecular weight excluding hydrogens is 236 g/mol. The third-order valence-electron chi connectivity index (χ3n) is 3.57. The van der Waals surface area contributed by atoms with E-state index in [1.54, 1.807) is 0 Å². The van der Waals surface area contributed by atoms with Crippen LogP contribution in [0.4, 0.5) is 0 Å². The molecule has 1 aromatic carbocycles. The lowest BCUT2D eigenvalue weighted by Gasteiger charge is -2.30. The number of fused-ring (bicyclic) bond motifs is 1. The third-order valence-corrected chi connectivity index (χ3v) is 3.81. The Hall–Kier alpha value is -1.06. The van der Waals surface area contributed by atoms with Crippen molar-refractivity contribution in [2.45, 2.75) is 25.2 Å². The van der Waals surface area contributed by atoms with E-state index in [4.69, 9.17) is 16.0 Å². The van der Waals surface area contributed by atoms with E-state index < -0.39 is 0 Å². The van der Waals surface area contributed by atoms with Crippen LogP contribution < -0.4 is 5.32 Å². The van der Waals surface area contributed by atoms with Crippen LogP contribution in [0.3, 0.4) is 0 Å². The minimum absolute atomic E-state index is 0.0523. The quantitative estimate of drug-likeness (QED) is 0.845. The molecule has 1 aliphatic rings. The first-order valence-electron chi connectivity index (χ1n) is 5.95. The third kappa shape index (κ3) is 1.94. The predicted molar refractivity (Wildman–Crippen MR) is 68.5 cm³/mol. The summed E-state index contributed by atoms with van der Waals surface area (Å²) >= 11 is 5.95. The number of benzene rings is 1. The lowest BCUT2D eigenvalue weighted by Crippen LogP contribution is -2.37. The fourth-order valence-corrected chi connectivity index (χ4v) is 2.51. The van der Waals surface area contributed by atoms with Crippen molar-refractivity contribution < 1.29 is 4.42 Å². The van der Waals surface area contributed by atoms with Gasteiger partial charge in [-0.3, -0.25) is 0 Å². The largest absolute Gasteiger partial charge is 0.440 e. The van der Waals surface area contributed by atoms with Crippen LogP contribution in [0.5, 0.6) is 0 Å². The maximum absolute atomic E-state index is 5.95. The fraction of sp³-hybridized carbons (Fsp3) is 0.462. The molecule has 1 N–H and O–H groups in total. The van der Waals surface area contributed by atoms with E-state index in [0.29, 0.717) is 5.02 Å². The first-order valence-corrected chi connectivity index (χ1v) is 6.32. The summed E-state index contributed by atoms with van der Waals surface area (Å²) in [5, 5.41) is 4.05. The highest BCUT2D eigenvalue weighted by molar-refractivity contribution is 6.31. The maximum atomic E-state index is 5.95. The molecule has 1 aromatic heterocycles. The molecule has 0 unspecified atom stereocenters. The van der Waals surface area contributed by atoms with Crippen molar-refractivity contribution >= 4 is 22.7 Å². The van der Waals surface area contributed by atoms with Crippen molar-refractivity contribution in [3.63, 3.8) is 0 Å². The number of hydrogen-bond acceptors (Lipinski definition) is 3. The lowest BCUT2D eigenvalue weighted by molar-refractivity contribution is 0.275. The topological polar surface area (TPSA) is 38.1 Å². The number of halogens is 1. The highest BCUT2D eigenvalue weighted by Gasteiger charge is 2.33. The monoisotopic (exact) mass is 250 g/mol. The summed E-state index contributed by atoms with van der Waals surface area (Å²) in [5.74, 6) is 0.844. The first-order chi connectivity index (χ1) is 8.17. The molecule has 90 valence electrons. The van der Waals surface area contributed by atoms with Gasteiger partial charge in [-0.05, 0) is 38.1 Å². The number of piperidine rings is 1. The van der Waals surface area contributed by atoms with Gasteiger partial charge < -0.3 is 9.73 Å². The second-order valence-corrected chi connectivity index (χ2v) is 5.38. The highest BCUT2D eigenvalue weighted by atomic mass is 35.5. The Balaban J connectivity index is 2.05. The second kappa shape index (κ2) is 4.00. The van der Waals surface area contributed by atoms with Crippen molar-refractivity contribution in [3.05, 3.63) is 29.1 Å². The highest BCUT2D eigenvalue weighted by Crippen LogP contribution is 2.34. The van der Waals surface area contributed by atoms with Gasteiger partial charge in [0.1, 0.15) is 5.52 Å². The van der Waals surface area contributed by atoms with E-state index in [0.717, 1.165) is 42.9 Å². The van der Waals surface area contributed by atoms with Gasteiger partial charge in [0.25, 0.3) is 0 Å². The predicted octanol–water partition coefficient (Wildman–Crippen LogP) is 3.12. The Morgan fingerprint density at radius 2 is 2.12 bits per heavy atom. The van der Waals surface area contributed by atoms with Crippen LogP contribution in [-0.2, 0) is 5.41 Å². The average Bonchev–Trinajstić information content (AvgIpc) is 2.73. The van der Waals surface area contributed by atoms with Crippen LogP contribution in [0.25, 0.3) is 11.1 Å². The second-order valence-electron chi connectivity index (χ2n) is 4.94. The number of rotatable bonds is 1. The van der Waals surface area contributed by atoms with Crippen molar-refractivity contribution in [2.75, 3.05) is 13.1 Å². The summed E-state index contributed by atoms with van der Waals surface area (Å²) in [7, 11) is 0. The van der Waals surface area contributed by atoms with Crippen LogP contribution in [0.15, 0.2) is 22.6 Å². The number of nitrogens with zero attached hydrogens (tertiary/aromatic N) is 1. The molecule has 3 rings (SSSR count). The van der Waals surface area contributed by atoms with Gasteiger partial charge in [-0.25, -0.2) is 4.98 Å².